The summed E-state index contributed by atoms with van der Waals surface area (Å²) in [7, 11) is 0. The second-order valence-electron chi connectivity index (χ2n) is 8.01. The third-order valence-corrected chi connectivity index (χ3v) is 6.48. The lowest BCUT2D eigenvalue weighted by molar-refractivity contribution is -0.122. The Bertz CT molecular complexity index is 1210. The number of carbonyl (C=O) groups is 3. The Morgan fingerprint density at radius 1 is 1.06 bits per heavy atom. The third-order valence-electron chi connectivity index (χ3n) is 5.99. The van der Waals surface area contributed by atoms with Gasteiger partial charge in [-0.25, -0.2) is 0 Å². The SMILES string of the molecule is O=C(CCCN1C(=O)c2cccc3cccc(c23)C1=O)NC1CCOc2ccc(Br)cc21. The third kappa shape index (κ3) is 3.66. The summed E-state index contributed by atoms with van der Waals surface area (Å²) in [5, 5.41) is 4.66. The number of ether oxygens (including phenoxy) is 1. The number of nitrogens with one attached hydrogen (secondary N) is 1. The molecular formula is C25H21BrN2O4. The average molecular weight is 493 g/mol. The molecule has 0 fully saturated rings. The van der Waals surface area contributed by atoms with E-state index < -0.39 is 0 Å². The summed E-state index contributed by atoms with van der Waals surface area (Å²) in [6.45, 7) is 0.743. The topological polar surface area (TPSA) is 75.7 Å². The van der Waals surface area contributed by atoms with E-state index in [1.54, 1.807) is 12.1 Å². The Balaban J connectivity index is 1.24. The molecule has 0 aliphatic carbocycles. The number of carbonyl (C=O) groups excluding carboxylic acids is 3. The Labute approximate surface area is 193 Å². The first-order valence-electron chi connectivity index (χ1n) is 10.6. The summed E-state index contributed by atoms with van der Waals surface area (Å²) >= 11 is 3.47. The van der Waals surface area contributed by atoms with Crippen molar-refractivity contribution in [2.75, 3.05) is 13.2 Å². The van der Waals surface area contributed by atoms with Gasteiger partial charge >= 0.3 is 0 Å². The molecule has 0 saturated heterocycles. The van der Waals surface area contributed by atoms with Crippen LogP contribution in [0.4, 0.5) is 0 Å². The molecule has 0 bridgehead atoms. The Morgan fingerprint density at radius 3 is 2.50 bits per heavy atom. The maximum Gasteiger partial charge on any atom is 0.261 e. The molecular weight excluding hydrogens is 472 g/mol. The van der Waals surface area contributed by atoms with Crippen LogP contribution in [0.3, 0.4) is 0 Å². The van der Waals surface area contributed by atoms with Crippen molar-refractivity contribution in [3.05, 3.63) is 75.8 Å². The van der Waals surface area contributed by atoms with Gasteiger partial charge in [0.1, 0.15) is 5.75 Å². The molecule has 1 atom stereocenters. The smallest absolute Gasteiger partial charge is 0.261 e. The molecule has 3 aromatic rings. The fraction of sp³-hybridized carbons (Fsp3) is 0.240. The summed E-state index contributed by atoms with van der Waals surface area (Å²) < 4.78 is 6.60. The molecule has 5 rings (SSSR count). The molecule has 1 N–H and O–H groups in total. The lowest BCUT2D eigenvalue weighted by Gasteiger charge is -2.28. The predicted molar refractivity (Wildman–Crippen MR) is 124 cm³/mol. The molecule has 3 amide bonds. The van der Waals surface area contributed by atoms with Crippen LogP contribution in [0.5, 0.6) is 5.75 Å². The standard InChI is InChI=1S/C25H21BrN2O4/c26-16-9-10-21-19(14-16)20(11-13-32-21)27-22(29)8-3-12-28-24(30)17-6-1-4-15-5-2-7-18(23(15)17)25(28)31/h1-2,4-7,9-10,14,20H,3,8,11-13H2,(H,27,29). The molecule has 32 heavy (non-hydrogen) atoms. The Kier molecular flexibility index (Phi) is 5.43. The fourth-order valence-electron chi connectivity index (χ4n) is 4.46. The van der Waals surface area contributed by atoms with Crippen LogP contribution in [0.1, 0.15) is 51.6 Å². The van der Waals surface area contributed by atoms with E-state index in [1.807, 2.05) is 42.5 Å². The molecule has 7 heteroatoms. The first-order valence-corrected chi connectivity index (χ1v) is 11.4. The molecule has 2 heterocycles. The normalized spacial score (nSPS) is 17.2. The Hall–Kier alpha value is -3.19. The van der Waals surface area contributed by atoms with Crippen LogP contribution in [0, 0.1) is 0 Å². The number of hydrogen-bond donors (Lipinski definition) is 1. The zero-order valence-corrected chi connectivity index (χ0v) is 18.9. The van der Waals surface area contributed by atoms with Gasteiger partial charge in [0.2, 0.25) is 5.91 Å². The fourth-order valence-corrected chi connectivity index (χ4v) is 4.84. The molecule has 6 nitrogen and oxygen atoms in total. The van der Waals surface area contributed by atoms with E-state index in [1.165, 1.54) is 4.90 Å². The highest BCUT2D eigenvalue weighted by Gasteiger charge is 2.32. The van der Waals surface area contributed by atoms with Crippen LogP contribution < -0.4 is 10.1 Å². The lowest BCUT2D eigenvalue weighted by Crippen LogP contribution is -2.41. The second-order valence-corrected chi connectivity index (χ2v) is 8.93. The minimum absolute atomic E-state index is 0.109. The minimum atomic E-state index is -0.303. The summed E-state index contributed by atoms with van der Waals surface area (Å²) in [5.74, 6) is 0.0650. The number of fused-ring (bicyclic) bond motifs is 1. The van der Waals surface area contributed by atoms with Crippen LogP contribution in [-0.4, -0.2) is 35.8 Å². The molecule has 2 aliphatic rings. The minimum Gasteiger partial charge on any atom is -0.493 e. The number of benzene rings is 3. The molecule has 3 aromatic carbocycles. The molecule has 1 unspecified atom stereocenters. The van der Waals surface area contributed by atoms with Gasteiger partial charge in [-0.05, 0) is 42.1 Å². The zero-order valence-electron chi connectivity index (χ0n) is 17.3. The highest BCUT2D eigenvalue weighted by molar-refractivity contribution is 9.10. The highest BCUT2D eigenvalue weighted by Crippen LogP contribution is 2.34. The quantitative estimate of drug-likeness (QED) is 0.527. The van der Waals surface area contributed by atoms with Gasteiger partial charge in [-0.1, -0.05) is 40.2 Å². The van der Waals surface area contributed by atoms with E-state index in [-0.39, 0.29) is 36.7 Å². The highest BCUT2D eigenvalue weighted by atomic mass is 79.9. The van der Waals surface area contributed by atoms with E-state index in [9.17, 15) is 14.4 Å². The van der Waals surface area contributed by atoms with Crippen molar-refractivity contribution in [2.45, 2.75) is 25.3 Å². The summed E-state index contributed by atoms with van der Waals surface area (Å²) in [6.07, 6.45) is 1.32. The van der Waals surface area contributed by atoms with Gasteiger partial charge in [0.05, 0.1) is 12.6 Å². The zero-order chi connectivity index (χ0) is 22.2. The van der Waals surface area contributed by atoms with E-state index in [0.29, 0.717) is 36.0 Å². The molecule has 162 valence electrons. The van der Waals surface area contributed by atoms with Crippen LogP contribution in [0.15, 0.2) is 59.1 Å². The van der Waals surface area contributed by atoms with Gasteiger partial charge in [-0.2, -0.15) is 0 Å². The maximum absolute atomic E-state index is 13.0. The molecule has 2 aliphatic heterocycles. The van der Waals surface area contributed by atoms with Gasteiger partial charge < -0.3 is 10.1 Å². The molecule has 0 aromatic heterocycles. The van der Waals surface area contributed by atoms with Crippen molar-refractivity contribution >= 4 is 44.4 Å². The van der Waals surface area contributed by atoms with E-state index >= 15 is 0 Å². The average Bonchev–Trinajstić information content (AvgIpc) is 2.80. The first kappa shape index (κ1) is 20.7. The van der Waals surface area contributed by atoms with Gasteiger partial charge in [-0.3, -0.25) is 19.3 Å². The van der Waals surface area contributed by atoms with Crippen molar-refractivity contribution in [1.29, 1.82) is 0 Å². The predicted octanol–water partition coefficient (Wildman–Crippen LogP) is 4.62. The number of hydrogen-bond acceptors (Lipinski definition) is 4. The second kappa shape index (κ2) is 8.39. The molecule has 0 saturated carbocycles. The number of imide groups is 1. The van der Waals surface area contributed by atoms with E-state index in [2.05, 4.69) is 21.2 Å². The number of amides is 3. The van der Waals surface area contributed by atoms with Gasteiger partial charge in [0.15, 0.2) is 0 Å². The van der Waals surface area contributed by atoms with Gasteiger partial charge in [0.25, 0.3) is 11.8 Å². The van der Waals surface area contributed by atoms with Crippen LogP contribution in [-0.2, 0) is 4.79 Å². The van der Waals surface area contributed by atoms with Crippen molar-refractivity contribution in [2.24, 2.45) is 0 Å². The summed E-state index contributed by atoms with van der Waals surface area (Å²) in [5.41, 5.74) is 2.02. The summed E-state index contributed by atoms with van der Waals surface area (Å²) in [4.78, 5) is 39.8. The van der Waals surface area contributed by atoms with Gasteiger partial charge in [0, 0.05) is 45.9 Å². The van der Waals surface area contributed by atoms with E-state index in [0.717, 1.165) is 21.2 Å². The van der Waals surface area contributed by atoms with Crippen molar-refractivity contribution < 1.29 is 19.1 Å². The van der Waals surface area contributed by atoms with Crippen molar-refractivity contribution in [3.63, 3.8) is 0 Å². The molecule has 0 radical (unpaired) electrons. The lowest BCUT2D eigenvalue weighted by atomic mass is 9.94. The number of nitrogens with zero attached hydrogens (tertiary/aromatic N) is 1. The van der Waals surface area contributed by atoms with Crippen molar-refractivity contribution in [3.8, 4) is 5.75 Å². The van der Waals surface area contributed by atoms with Gasteiger partial charge in [-0.15, -0.1) is 0 Å². The maximum atomic E-state index is 13.0. The largest absolute Gasteiger partial charge is 0.493 e. The van der Waals surface area contributed by atoms with Crippen LogP contribution in [0.2, 0.25) is 0 Å². The van der Waals surface area contributed by atoms with Crippen LogP contribution in [0.25, 0.3) is 10.8 Å². The summed E-state index contributed by atoms with van der Waals surface area (Å²) in [6, 6.07) is 16.6. The molecule has 0 spiro atoms. The first-order chi connectivity index (χ1) is 15.5. The monoisotopic (exact) mass is 492 g/mol. The number of rotatable bonds is 5. The number of halogens is 1. The Morgan fingerprint density at radius 2 is 1.78 bits per heavy atom. The van der Waals surface area contributed by atoms with Crippen molar-refractivity contribution in [1.82, 2.24) is 10.2 Å². The van der Waals surface area contributed by atoms with Crippen LogP contribution >= 0.6 is 15.9 Å². The van der Waals surface area contributed by atoms with E-state index in [4.69, 9.17) is 4.74 Å².